The third-order valence-corrected chi connectivity index (χ3v) is 7.15. The number of aromatic nitrogens is 1. The molecule has 0 aliphatic carbocycles. The van der Waals surface area contributed by atoms with Crippen LogP contribution in [0.3, 0.4) is 0 Å². The van der Waals surface area contributed by atoms with Gasteiger partial charge >= 0.3 is 5.97 Å². The highest BCUT2D eigenvalue weighted by atomic mass is 32.2. The zero-order chi connectivity index (χ0) is 23.4. The summed E-state index contributed by atoms with van der Waals surface area (Å²) in [5.41, 5.74) is 9.65. The molecule has 0 aromatic carbocycles. The number of esters is 1. The highest BCUT2D eigenvalue weighted by Gasteiger charge is 2.38. The first-order chi connectivity index (χ1) is 15.3. The molecule has 164 valence electrons. The third-order valence-electron chi connectivity index (χ3n) is 5.23. The Balaban J connectivity index is 2.08. The number of carbonyl (C=O) groups excluding carboxylic acids is 1. The van der Waals surface area contributed by atoms with E-state index in [-0.39, 0.29) is 29.4 Å². The summed E-state index contributed by atoms with van der Waals surface area (Å²) in [6.45, 7) is 7.60. The lowest BCUT2D eigenvalue weighted by atomic mass is 9.87. The summed E-state index contributed by atoms with van der Waals surface area (Å²) in [6, 6.07) is 8.00. The van der Waals surface area contributed by atoms with E-state index < -0.39 is 11.9 Å². The average molecular weight is 467 g/mol. The summed E-state index contributed by atoms with van der Waals surface area (Å²) in [6.07, 6.45) is 0. The summed E-state index contributed by atoms with van der Waals surface area (Å²) < 4.78 is 11.1. The molecule has 0 spiro atoms. The van der Waals surface area contributed by atoms with E-state index in [4.69, 9.17) is 15.2 Å². The lowest BCUT2D eigenvalue weighted by Gasteiger charge is -2.27. The number of carbonyl (C=O) groups is 1. The molecule has 0 saturated heterocycles. The van der Waals surface area contributed by atoms with Gasteiger partial charge in [-0.1, -0.05) is 17.8 Å². The van der Waals surface area contributed by atoms with E-state index >= 15 is 0 Å². The number of nitrogens with two attached hydrogens (primary N) is 1. The maximum Gasteiger partial charge on any atom is 0.338 e. The molecule has 2 aromatic heterocycles. The van der Waals surface area contributed by atoms with Crippen molar-refractivity contribution in [1.82, 2.24) is 4.98 Å². The van der Waals surface area contributed by atoms with Gasteiger partial charge in [0, 0.05) is 10.6 Å². The molecule has 0 saturated carbocycles. The van der Waals surface area contributed by atoms with Gasteiger partial charge in [-0.15, -0.1) is 11.3 Å². The fraction of sp³-hybridized carbons (Fsp3) is 0.304. The van der Waals surface area contributed by atoms with Crippen LogP contribution in [0.1, 0.15) is 40.1 Å². The molecule has 3 rings (SSSR count). The normalized spacial score (nSPS) is 15.8. The first kappa shape index (κ1) is 23.4. The first-order valence-corrected chi connectivity index (χ1v) is 11.7. The summed E-state index contributed by atoms with van der Waals surface area (Å²) in [4.78, 5) is 18.3. The second kappa shape index (κ2) is 9.90. The standard InChI is InChI=1S/C23H22N4O3S2/c1-5-29-23(28)20-17(11-32-22-15(9-24)13(3)12(2)14(4)27-22)30-21(26)16(10-25)19(20)18-7-6-8-31-18/h6-8,19H,5,11,26H2,1-4H3/t19-/m0/s1. The number of hydrogen-bond donors (Lipinski definition) is 1. The van der Waals surface area contributed by atoms with E-state index in [1.807, 2.05) is 38.3 Å². The van der Waals surface area contributed by atoms with E-state index in [2.05, 4.69) is 17.1 Å². The average Bonchev–Trinajstić information content (AvgIpc) is 3.30. The van der Waals surface area contributed by atoms with Crippen LogP contribution in [0.5, 0.6) is 0 Å². The molecule has 1 aliphatic heterocycles. The largest absolute Gasteiger partial charge is 0.463 e. The molecular formula is C23H22N4O3S2. The maximum absolute atomic E-state index is 13.0. The van der Waals surface area contributed by atoms with Crippen LogP contribution in [0.2, 0.25) is 0 Å². The Kier molecular flexibility index (Phi) is 7.24. The first-order valence-electron chi connectivity index (χ1n) is 9.85. The lowest BCUT2D eigenvalue weighted by molar-refractivity contribution is -0.139. The van der Waals surface area contributed by atoms with Crippen LogP contribution in [-0.4, -0.2) is 23.3 Å². The van der Waals surface area contributed by atoms with Crippen molar-refractivity contribution in [2.24, 2.45) is 5.73 Å². The van der Waals surface area contributed by atoms with Gasteiger partial charge in [-0.05, 0) is 50.3 Å². The molecule has 1 atom stereocenters. The Bertz CT molecular complexity index is 1200. The third kappa shape index (κ3) is 4.36. The fourth-order valence-corrected chi connectivity index (χ4v) is 5.25. The Labute approximate surface area is 195 Å². The smallest absolute Gasteiger partial charge is 0.338 e. The summed E-state index contributed by atoms with van der Waals surface area (Å²) in [5, 5.41) is 21.8. The Hall–Kier alpha value is -3.27. The van der Waals surface area contributed by atoms with Crippen LogP contribution >= 0.6 is 23.1 Å². The highest BCUT2D eigenvalue weighted by Crippen LogP contribution is 2.42. The minimum absolute atomic E-state index is 0.0423. The van der Waals surface area contributed by atoms with E-state index in [1.165, 1.54) is 23.1 Å². The molecule has 0 radical (unpaired) electrons. The van der Waals surface area contributed by atoms with E-state index in [1.54, 1.807) is 6.92 Å². The second-order valence-electron chi connectivity index (χ2n) is 7.03. The Morgan fingerprint density at radius 3 is 2.66 bits per heavy atom. The van der Waals surface area contributed by atoms with Gasteiger partial charge in [0.1, 0.15) is 28.5 Å². The molecule has 3 heterocycles. The van der Waals surface area contributed by atoms with Crippen molar-refractivity contribution >= 4 is 29.1 Å². The molecule has 2 aromatic rings. The zero-order valence-electron chi connectivity index (χ0n) is 18.2. The number of nitriles is 2. The predicted octanol–water partition coefficient (Wildman–Crippen LogP) is 4.36. The lowest BCUT2D eigenvalue weighted by Crippen LogP contribution is -2.26. The number of nitrogens with zero attached hydrogens (tertiary/aromatic N) is 3. The van der Waals surface area contributed by atoms with Gasteiger partial charge in [0.2, 0.25) is 5.88 Å². The summed E-state index contributed by atoms with van der Waals surface area (Å²) >= 11 is 2.70. The molecule has 1 aliphatic rings. The molecular weight excluding hydrogens is 444 g/mol. The van der Waals surface area contributed by atoms with Crippen LogP contribution < -0.4 is 5.73 Å². The molecule has 0 bridgehead atoms. The van der Waals surface area contributed by atoms with E-state index in [9.17, 15) is 15.3 Å². The maximum atomic E-state index is 13.0. The summed E-state index contributed by atoms with van der Waals surface area (Å²) in [7, 11) is 0. The van der Waals surface area contributed by atoms with Crippen molar-refractivity contribution in [3.8, 4) is 12.1 Å². The Morgan fingerprint density at radius 1 is 1.31 bits per heavy atom. The van der Waals surface area contributed by atoms with Crippen LogP contribution in [0.25, 0.3) is 0 Å². The van der Waals surface area contributed by atoms with Gasteiger partial charge in [0.25, 0.3) is 0 Å². The zero-order valence-corrected chi connectivity index (χ0v) is 19.8. The monoisotopic (exact) mass is 466 g/mol. The van der Waals surface area contributed by atoms with Crippen molar-refractivity contribution in [1.29, 1.82) is 10.5 Å². The number of pyridine rings is 1. The topological polar surface area (TPSA) is 122 Å². The van der Waals surface area contributed by atoms with Crippen LogP contribution in [0.4, 0.5) is 0 Å². The van der Waals surface area contributed by atoms with Gasteiger partial charge in [0.15, 0.2) is 0 Å². The number of allylic oxidation sites excluding steroid dienone is 1. The highest BCUT2D eigenvalue weighted by molar-refractivity contribution is 7.99. The number of rotatable bonds is 6. The van der Waals surface area contributed by atoms with Crippen molar-refractivity contribution in [3.05, 3.63) is 67.6 Å². The molecule has 9 heteroatoms. The van der Waals surface area contributed by atoms with Crippen LogP contribution in [-0.2, 0) is 14.3 Å². The van der Waals surface area contributed by atoms with Gasteiger partial charge in [-0.25, -0.2) is 9.78 Å². The van der Waals surface area contributed by atoms with Gasteiger partial charge in [0.05, 0.1) is 29.4 Å². The number of hydrogen-bond acceptors (Lipinski definition) is 9. The number of aryl methyl sites for hydroxylation is 1. The summed E-state index contributed by atoms with van der Waals surface area (Å²) in [5.74, 6) is -0.789. The van der Waals surface area contributed by atoms with Crippen molar-refractivity contribution in [3.63, 3.8) is 0 Å². The minimum atomic E-state index is -0.673. The second-order valence-corrected chi connectivity index (χ2v) is 8.97. The number of ether oxygens (including phenoxy) is 2. The van der Waals surface area contributed by atoms with E-state index in [0.717, 1.165) is 21.7 Å². The van der Waals surface area contributed by atoms with Crippen LogP contribution in [0, 0.1) is 43.4 Å². The van der Waals surface area contributed by atoms with Crippen molar-refractivity contribution < 1.29 is 14.3 Å². The number of thioether (sulfide) groups is 1. The Morgan fingerprint density at radius 2 is 2.06 bits per heavy atom. The van der Waals surface area contributed by atoms with Crippen molar-refractivity contribution in [2.75, 3.05) is 12.4 Å². The van der Waals surface area contributed by atoms with Crippen molar-refractivity contribution in [2.45, 2.75) is 38.6 Å². The molecule has 2 N–H and O–H groups in total. The molecule has 0 fully saturated rings. The number of thiophene rings is 1. The minimum Gasteiger partial charge on any atom is -0.463 e. The predicted molar refractivity (Wildman–Crippen MR) is 123 cm³/mol. The van der Waals surface area contributed by atoms with Gasteiger partial charge in [-0.3, -0.25) is 0 Å². The van der Waals surface area contributed by atoms with E-state index in [0.29, 0.717) is 16.3 Å². The van der Waals surface area contributed by atoms with Gasteiger partial charge in [-0.2, -0.15) is 10.5 Å². The SMILES string of the molecule is CCOC(=O)C1=C(CSc2nc(C)c(C)c(C)c2C#N)OC(N)=C(C#N)[C@H]1c1cccs1. The van der Waals surface area contributed by atoms with Gasteiger partial charge < -0.3 is 15.2 Å². The molecule has 32 heavy (non-hydrogen) atoms. The molecule has 0 unspecified atom stereocenters. The van der Waals surface area contributed by atoms with Crippen LogP contribution in [0.15, 0.2) is 45.3 Å². The quantitative estimate of drug-likeness (QED) is 0.492. The molecule has 0 amide bonds. The molecule has 7 nitrogen and oxygen atoms in total. The fourth-order valence-electron chi connectivity index (χ4n) is 3.38.